The number of amides is 4. The summed E-state index contributed by atoms with van der Waals surface area (Å²) in [5, 5.41) is 16.5. The lowest BCUT2D eigenvalue weighted by Crippen LogP contribution is -2.47. The van der Waals surface area contributed by atoms with Crippen LogP contribution in [-0.4, -0.2) is 49.2 Å². The molecule has 1 aromatic rings. The number of urea groups is 1. The van der Waals surface area contributed by atoms with E-state index in [1.54, 1.807) is 24.3 Å². The van der Waals surface area contributed by atoms with Gasteiger partial charge in [-0.3, -0.25) is 14.5 Å². The van der Waals surface area contributed by atoms with Crippen molar-refractivity contribution < 1.29 is 19.5 Å². The molecular weight excluding hydrogens is 300 g/mol. The zero-order valence-electron chi connectivity index (χ0n) is 12.7. The molecule has 0 bridgehead atoms. The average Bonchev–Trinajstić information content (AvgIpc) is 2.55. The van der Waals surface area contributed by atoms with Gasteiger partial charge in [0.2, 0.25) is 11.8 Å². The molecule has 2 rings (SSSR count). The SMILES string of the molecule is O=C(CCCNC(=O)N1CC(=O)Nc2ccccc21)NCCO. The highest BCUT2D eigenvalue weighted by Crippen LogP contribution is 2.28. The van der Waals surface area contributed by atoms with Crippen molar-refractivity contribution in [1.29, 1.82) is 0 Å². The molecule has 8 heteroatoms. The zero-order valence-corrected chi connectivity index (χ0v) is 12.7. The molecule has 0 spiro atoms. The van der Waals surface area contributed by atoms with Crippen LogP contribution >= 0.6 is 0 Å². The van der Waals surface area contributed by atoms with E-state index < -0.39 is 0 Å². The predicted octanol–water partition coefficient (Wildman–Crippen LogP) is 0.0434. The minimum atomic E-state index is -0.372. The molecule has 1 heterocycles. The summed E-state index contributed by atoms with van der Waals surface area (Å²) in [5.41, 5.74) is 1.24. The predicted molar refractivity (Wildman–Crippen MR) is 85.1 cm³/mol. The molecule has 0 radical (unpaired) electrons. The van der Waals surface area contributed by atoms with Crippen molar-refractivity contribution in [1.82, 2.24) is 10.6 Å². The van der Waals surface area contributed by atoms with Crippen LogP contribution in [0.3, 0.4) is 0 Å². The van der Waals surface area contributed by atoms with Crippen molar-refractivity contribution in [2.24, 2.45) is 0 Å². The van der Waals surface area contributed by atoms with E-state index in [-0.39, 0.29) is 44.0 Å². The first-order chi connectivity index (χ1) is 11.1. The zero-order chi connectivity index (χ0) is 16.7. The van der Waals surface area contributed by atoms with Gasteiger partial charge in [0.1, 0.15) is 6.54 Å². The summed E-state index contributed by atoms with van der Waals surface area (Å²) in [7, 11) is 0. The number of fused-ring (bicyclic) bond motifs is 1. The van der Waals surface area contributed by atoms with Crippen LogP contribution in [0.2, 0.25) is 0 Å². The van der Waals surface area contributed by atoms with E-state index in [0.29, 0.717) is 24.3 Å². The Kier molecular flexibility index (Phi) is 5.93. The number of aliphatic hydroxyl groups is 1. The maximum absolute atomic E-state index is 12.2. The lowest BCUT2D eigenvalue weighted by atomic mass is 10.2. The largest absolute Gasteiger partial charge is 0.395 e. The molecule has 4 N–H and O–H groups in total. The van der Waals surface area contributed by atoms with Crippen molar-refractivity contribution in [2.45, 2.75) is 12.8 Å². The van der Waals surface area contributed by atoms with Crippen molar-refractivity contribution >= 4 is 29.2 Å². The van der Waals surface area contributed by atoms with Gasteiger partial charge in [-0.2, -0.15) is 0 Å². The van der Waals surface area contributed by atoms with Gasteiger partial charge in [-0.1, -0.05) is 12.1 Å². The van der Waals surface area contributed by atoms with Crippen LogP contribution in [0.5, 0.6) is 0 Å². The molecule has 0 fully saturated rings. The molecular formula is C15H20N4O4. The highest BCUT2D eigenvalue weighted by atomic mass is 16.3. The molecule has 8 nitrogen and oxygen atoms in total. The number of rotatable bonds is 6. The number of aliphatic hydroxyl groups excluding tert-OH is 1. The van der Waals surface area contributed by atoms with E-state index in [4.69, 9.17) is 5.11 Å². The summed E-state index contributed by atoms with van der Waals surface area (Å²) >= 11 is 0. The van der Waals surface area contributed by atoms with Crippen LogP contribution in [0, 0.1) is 0 Å². The van der Waals surface area contributed by atoms with Gasteiger partial charge in [0.25, 0.3) is 0 Å². The minimum absolute atomic E-state index is 0.0418. The van der Waals surface area contributed by atoms with Crippen molar-refractivity contribution in [3.05, 3.63) is 24.3 Å². The van der Waals surface area contributed by atoms with E-state index in [1.165, 1.54) is 4.90 Å². The third-order valence-corrected chi connectivity index (χ3v) is 3.31. The van der Waals surface area contributed by atoms with Gasteiger partial charge in [0.05, 0.1) is 18.0 Å². The molecule has 1 aliphatic rings. The summed E-state index contributed by atoms with van der Waals surface area (Å²) in [6.07, 6.45) is 0.738. The summed E-state index contributed by atoms with van der Waals surface area (Å²) in [5.74, 6) is -0.418. The van der Waals surface area contributed by atoms with Crippen LogP contribution in [-0.2, 0) is 9.59 Å². The number of carbonyl (C=O) groups is 3. The van der Waals surface area contributed by atoms with Crippen LogP contribution in [0.15, 0.2) is 24.3 Å². The Labute approximate surface area is 133 Å². The molecule has 1 aromatic carbocycles. The Bertz CT molecular complexity index is 591. The monoisotopic (exact) mass is 320 g/mol. The Balaban J connectivity index is 1.82. The standard InChI is InChI=1S/C15H20N4O4/c20-9-8-16-13(21)6-3-7-17-15(23)19-10-14(22)18-11-4-1-2-5-12(11)19/h1-2,4-5,20H,3,6-10H2,(H,16,21)(H,17,23)(H,18,22). The fourth-order valence-electron chi connectivity index (χ4n) is 2.24. The summed E-state index contributed by atoms with van der Waals surface area (Å²) < 4.78 is 0. The molecule has 124 valence electrons. The van der Waals surface area contributed by atoms with Crippen LogP contribution in [0.25, 0.3) is 0 Å². The minimum Gasteiger partial charge on any atom is -0.395 e. The fourth-order valence-corrected chi connectivity index (χ4v) is 2.24. The van der Waals surface area contributed by atoms with Gasteiger partial charge in [0.15, 0.2) is 0 Å². The van der Waals surface area contributed by atoms with E-state index in [0.717, 1.165) is 0 Å². The molecule has 0 unspecified atom stereocenters. The van der Waals surface area contributed by atoms with E-state index >= 15 is 0 Å². The summed E-state index contributed by atoms with van der Waals surface area (Å²) in [6.45, 7) is 0.412. The Morgan fingerprint density at radius 3 is 2.78 bits per heavy atom. The van der Waals surface area contributed by atoms with Crippen LogP contribution in [0.1, 0.15) is 12.8 Å². The number of hydrogen-bond donors (Lipinski definition) is 4. The Morgan fingerprint density at radius 2 is 2.00 bits per heavy atom. The first-order valence-corrected chi connectivity index (χ1v) is 7.43. The number of para-hydroxylation sites is 2. The first-order valence-electron chi connectivity index (χ1n) is 7.43. The molecule has 0 aromatic heterocycles. The molecule has 0 saturated carbocycles. The fraction of sp³-hybridized carbons (Fsp3) is 0.400. The van der Waals surface area contributed by atoms with E-state index in [2.05, 4.69) is 16.0 Å². The molecule has 23 heavy (non-hydrogen) atoms. The quantitative estimate of drug-likeness (QED) is 0.555. The second-order valence-corrected chi connectivity index (χ2v) is 5.06. The number of hydrogen-bond acceptors (Lipinski definition) is 4. The van der Waals surface area contributed by atoms with E-state index in [1.807, 2.05) is 0 Å². The topological polar surface area (TPSA) is 111 Å². The first kappa shape index (κ1) is 16.8. The number of anilines is 2. The lowest BCUT2D eigenvalue weighted by Gasteiger charge is -2.29. The third kappa shape index (κ3) is 4.68. The maximum atomic E-state index is 12.2. The molecule has 0 saturated heterocycles. The molecule has 4 amide bonds. The number of carbonyl (C=O) groups excluding carboxylic acids is 3. The molecule has 0 atom stereocenters. The normalized spacial score (nSPS) is 13.1. The summed E-state index contributed by atoms with van der Waals surface area (Å²) in [6, 6.07) is 6.70. The van der Waals surface area contributed by atoms with Gasteiger partial charge in [-0.25, -0.2) is 4.79 Å². The summed E-state index contributed by atoms with van der Waals surface area (Å²) in [4.78, 5) is 36.6. The second kappa shape index (κ2) is 8.14. The molecule has 0 aliphatic carbocycles. The third-order valence-electron chi connectivity index (χ3n) is 3.31. The number of nitrogens with one attached hydrogen (secondary N) is 3. The smallest absolute Gasteiger partial charge is 0.322 e. The Hall–Kier alpha value is -2.61. The maximum Gasteiger partial charge on any atom is 0.322 e. The van der Waals surface area contributed by atoms with Crippen molar-refractivity contribution in [3.63, 3.8) is 0 Å². The van der Waals surface area contributed by atoms with Gasteiger partial charge in [-0.05, 0) is 18.6 Å². The van der Waals surface area contributed by atoms with Crippen LogP contribution < -0.4 is 20.9 Å². The second-order valence-electron chi connectivity index (χ2n) is 5.06. The van der Waals surface area contributed by atoms with Crippen molar-refractivity contribution in [2.75, 3.05) is 36.5 Å². The lowest BCUT2D eigenvalue weighted by molar-refractivity contribution is -0.121. The van der Waals surface area contributed by atoms with E-state index in [9.17, 15) is 14.4 Å². The van der Waals surface area contributed by atoms with Crippen LogP contribution in [0.4, 0.5) is 16.2 Å². The Morgan fingerprint density at radius 1 is 1.22 bits per heavy atom. The van der Waals surface area contributed by atoms with Gasteiger partial charge in [-0.15, -0.1) is 0 Å². The van der Waals surface area contributed by atoms with Gasteiger partial charge < -0.3 is 21.1 Å². The highest BCUT2D eigenvalue weighted by molar-refractivity contribution is 6.09. The average molecular weight is 320 g/mol. The van der Waals surface area contributed by atoms with Gasteiger partial charge in [0, 0.05) is 19.5 Å². The number of nitrogens with zero attached hydrogens (tertiary/aromatic N) is 1. The van der Waals surface area contributed by atoms with Crippen molar-refractivity contribution in [3.8, 4) is 0 Å². The molecule has 1 aliphatic heterocycles. The highest BCUT2D eigenvalue weighted by Gasteiger charge is 2.26. The number of benzene rings is 1. The van der Waals surface area contributed by atoms with Gasteiger partial charge >= 0.3 is 6.03 Å².